The zero-order valence-electron chi connectivity index (χ0n) is 8.37. The minimum Gasteiger partial charge on any atom is -0.394 e. The van der Waals surface area contributed by atoms with Gasteiger partial charge in [0.1, 0.15) is 6.29 Å². The Morgan fingerprint density at radius 1 is 1.38 bits per heavy atom. The van der Waals surface area contributed by atoms with E-state index >= 15 is 0 Å². The van der Waals surface area contributed by atoms with Gasteiger partial charge in [-0.2, -0.15) is 0 Å². The zero-order valence-corrected chi connectivity index (χ0v) is 9.79. The van der Waals surface area contributed by atoms with Crippen molar-refractivity contribution in [1.82, 2.24) is 0 Å². The lowest BCUT2D eigenvalue weighted by Crippen LogP contribution is -2.24. The van der Waals surface area contributed by atoms with Crippen LogP contribution in [0.2, 0.25) is 0 Å². The predicted octanol–water partition coefficient (Wildman–Crippen LogP) is 0.367. The number of hydrogen-bond acceptors (Lipinski definition) is 2. The van der Waals surface area contributed by atoms with Crippen LogP contribution in [0.4, 0.5) is 0 Å². The Morgan fingerprint density at radius 2 is 2.08 bits per heavy atom. The normalized spacial score (nSPS) is 13.8. The minimum absolute atomic E-state index is 0.633. The molecule has 0 spiro atoms. The molecule has 0 aliphatic rings. The number of benzene rings is 1. The predicted molar refractivity (Wildman–Crippen MR) is 56.9 cm³/mol. The molecule has 0 aromatic heterocycles. The van der Waals surface area contributed by atoms with Crippen molar-refractivity contribution in [2.24, 2.45) is 0 Å². The van der Waals surface area contributed by atoms with E-state index in [0.29, 0.717) is 0 Å². The van der Waals surface area contributed by atoms with Crippen molar-refractivity contribution in [3.63, 3.8) is 0 Å². The van der Waals surface area contributed by atoms with Crippen molar-refractivity contribution in [3.05, 3.63) is 29.3 Å². The molecule has 0 saturated carbocycles. The van der Waals surface area contributed by atoms with Gasteiger partial charge in [-0.3, -0.25) is 0 Å². The summed E-state index contributed by atoms with van der Waals surface area (Å²) in [4.78, 5) is 0. The minimum atomic E-state index is -0.759. The number of aryl methyl sites for hydroxylation is 1. The van der Waals surface area contributed by atoms with Gasteiger partial charge in [0.2, 0.25) is 0 Å². The van der Waals surface area contributed by atoms with Gasteiger partial charge in [-0.1, -0.05) is 18.2 Å². The van der Waals surface area contributed by atoms with Gasteiger partial charge in [-0.25, -0.2) is 0 Å². The third-order valence-electron chi connectivity index (χ3n) is 2.20. The topological polar surface area (TPSA) is 29.5 Å². The molecule has 0 aliphatic carbocycles. The van der Waals surface area contributed by atoms with Gasteiger partial charge < -0.3 is 9.53 Å². The molecule has 1 atom stereocenters. The van der Waals surface area contributed by atoms with E-state index < -0.39 is 16.1 Å². The molecule has 0 amide bonds. The molecule has 13 heavy (non-hydrogen) atoms. The van der Waals surface area contributed by atoms with Gasteiger partial charge >= 0.3 is 0 Å². The van der Waals surface area contributed by atoms with Gasteiger partial charge in [0.05, 0.1) is 0 Å². The van der Waals surface area contributed by atoms with E-state index in [1.54, 1.807) is 6.92 Å². The third-order valence-corrected chi connectivity index (χ3v) is 3.92. The van der Waals surface area contributed by atoms with Crippen molar-refractivity contribution >= 4 is 14.9 Å². The van der Waals surface area contributed by atoms with Crippen LogP contribution in [0.15, 0.2) is 18.2 Å². The monoisotopic (exact) mass is 196 g/mol. The van der Waals surface area contributed by atoms with E-state index in [0.717, 1.165) is 0 Å². The maximum absolute atomic E-state index is 8.99. The highest BCUT2D eigenvalue weighted by Gasteiger charge is 2.02. The Bertz CT molecular complexity index is 284. The molecule has 0 heterocycles. The molecule has 1 aromatic rings. The number of aliphatic hydroxyl groups is 1. The van der Waals surface area contributed by atoms with Crippen LogP contribution >= 0.6 is 0 Å². The molecular weight excluding hydrogens is 180 g/mol. The second-order valence-electron chi connectivity index (χ2n) is 3.27. The highest BCUT2D eigenvalue weighted by Crippen LogP contribution is 2.02. The molecule has 0 bridgehead atoms. The molecule has 0 aliphatic heterocycles. The number of hydrogen-bond donors (Lipinski definition) is 1. The van der Waals surface area contributed by atoms with Crippen molar-refractivity contribution in [1.29, 1.82) is 0 Å². The molecule has 3 heteroatoms. The molecule has 2 nitrogen and oxygen atoms in total. The first-order chi connectivity index (χ1) is 6.11. The fourth-order valence-electron chi connectivity index (χ4n) is 1.18. The summed E-state index contributed by atoms with van der Waals surface area (Å²) in [6.07, 6.45) is -0.633. The Labute approximate surface area is 81.5 Å². The van der Waals surface area contributed by atoms with E-state index in [-0.39, 0.29) is 0 Å². The fourth-order valence-corrected chi connectivity index (χ4v) is 2.33. The van der Waals surface area contributed by atoms with E-state index in [1.165, 1.54) is 16.3 Å². The lowest BCUT2D eigenvalue weighted by Gasteiger charge is -2.10. The van der Waals surface area contributed by atoms with Crippen molar-refractivity contribution in [3.8, 4) is 0 Å². The number of aliphatic hydroxyl groups excluding tert-OH is 1. The van der Waals surface area contributed by atoms with E-state index in [2.05, 4.69) is 26.0 Å². The second kappa shape index (κ2) is 4.55. The average molecular weight is 196 g/mol. The van der Waals surface area contributed by atoms with Gasteiger partial charge in [-0.15, -0.1) is 0 Å². The fraction of sp³-hybridized carbons (Fsp3) is 0.400. The molecule has 1 unspecified atom stereocenters. The van der Waals surface area contributed by atoms with Crippen LogP contribution < -0.4 is 5.19 Å². The summed E-state index contributed by atoms with van der Waals surface area (Å²) in [6.45, 7) is 5.84. The summed E-state index contributed by atoms with van der Waals surface area (Å²) in [5.74, 6) is 0. The smallest absolute Gasteiger partial charge is 0.195 e. The summed E-state index contributed by atoms with van der Waals surface area (Å²) in [6, 6.07) is 6.21. The summed E-state index contributed by atoms with van der Waals surface area (Å²) >= 11 is 0. The van der Waals surface area contributed by atoms with Gasteiger partial charge in [0.15, 0.2) is 9.76 Å². The first-order valence-corrected chi connectivity index (χ1v) is 5.74. The third kappa shape index (κ3) is 2.95. The van der Waals surface area contributed by atoms with Gasteiger partial charge in [0.25, 0.3) is 0 Å². The number of rotatable bonds is 3. The Morgan fingerprint density at radius 3 is 2.69 bits per heavy atom. The van der Waals surface area contributed by atoms with Gasteiger partial charge in [0, 0.05) is 0 Å². The summed E-state index contributed by atoms with van der Waals surface area (Å²) < 4.78 is 5.26. The van der Waals surface area contributed by atoms with Crippen LogP contribution in [0.1, 0.15) is 18.1 Å². The molecule has 72 valence electrons. The average Bonchev–Trinajstić information content (AvgIpc) is 2.07. The molecule has 1 N–H and O–H groups in total. The summed E-state index contributed by atoms with van der Waals surface area (Å²) in [5.41, 5.74) is 2.59. The van der Waals surface area contributed by atoms with E-state index in [4.69, 9.17) is 9.53 Å². The Balaban J connectivity index is 2.71. The van der Waals surface area contributed by atoms with Gasteiger partial charge in [-0.05, 0) is 37.1 Å². The van der Waals surface area contributed by atoms with Crippen LogP contribution in [-0.2, 0) is 4.43 Å². The van der Waals surface area contributed by atoms with E-state index in [9.17, 15) is 0 Å². The molecule has 0 fully saturated rings. The molecule has 1 rings (SSSR count). The lowest BCUT2D eigenvalue weighted by atomic mass is 10.1. The second-order valence-corrected chi connectivity index (χ2v) is 4.65. The van der Waals surface area contributed by atoms with E-state index in [1.807, 2.05) is 6.07 Å². The summed E-state index contributed by atoms with van der Waals surface area (Å²) in [5, 5.41) is 10.3. The quantitative estimate of drug-likeness (QED) is 0.559. The van der Waals surface area contributed by atoms with Crippen LogP contribution in [-0.4, -0.2) is 21.2 Å². The summed E-state index contributed by atoms with van der Waals surface area (Å²) in [7, 11) is -0.759. The highest BCUT2D eigenvalue weighted by atomic mass is 28.2. The first-order valence-electron chi connectivity index (χ1n) is 4.46. The van der Waals surface area contributed by atoms with Crippen LogP contribution in [0.3, 0.4) is 0 Å². The molecule has 0 saturated heterocycles. The van der Waals surface area contributed by atoms with Crippen molar-refractivity contribution < 1.29 is 9.53 Å². The SMILES string of the molecule is Cc1cccc([SiH2]OC(C)O)c1C. The van der Waals surface area contributed by atoms with Crippen molar-refractivity contribution in [2.45, 2.75) is 27.1 Å². The molecular formula is C10H16O2Si. The largest absolute Gasteiger partial charge is 0.394 e. The Hall–Kier alpha value is -0.643. The zero-order chi connectivity index (χ0) is 9.84. The van der Waals surface area contributed by atoms with Crippen LogP contribution in [0.25, 0.3) is 0 Å². The highest BCUT2D eigenvalue weighted by molar-refractivity contribution is 6.47. The maximum Gasteiger partial charge on any atom is 0.195 e. The van der Waals surface area contributed by atoms with Crippen LogP contribution in [0, 0.1) is 13.8 Å². The van der Waals surface area contributed by atoms with Crippen LogP contribution in [0.5, 0.6) is 0 Å². The molecule has 1 aromatic carbocycles. The molecule has 0 radical (unpaired) electrons. The Kier molecular flexibility index (Phi) is 3.66. The maximum atomic E-state index is 8.99. The lowest BCUT2D eigenvalue weighted by molar-refractivity contribution is 0.00354. The first kappa shape index (κ1) is 10.4. The standard InChI is InChI=1S/C10H16O2Si/c1-7-5-4-6-10(8(7)2)13-12-9(3)11/h4-6,9,11H,13H2,1-3H3. The van der Waals surface area contributed by atoms with Crippen molar-refractivity contribution in [2.75, 3.05) is 0 Å².